The van der Waals surface area contributed by atoms with Crippen molar-refractivity contribution >= 4 is 46.6 Å². The van der Waals surface area contributed by atoms with Crippen LogP contribution in [-0.2, 0) is 4.79 Å². The molecule has 0 radical (unpaired) electrons. The van der Waals surface area contributed by atoms with Crippen LogP contribution in [0.3, 0.4) is 0 Å². The minimum absolute atomic E-state index is 0.241. The maximum absolute atomic E-state index is 12.9. The zero-order valence-electron chi connectivity index (χ0n) is 16.5. The molecule has 0 aliphatic heterocycles. The standard InChI is InChI=1S/C23H17FIN3O4/c24-17-9-7-16(8-10-17)22(30)26-14-21(29)28-27-13-15-5-11-18(12-6-15)32-23(31)19-3-1-2-4-20(19)25/h1-13H,14H2,(H,26,30)(H,28,29)/b27-13-. The van der Waals surface area contributed by atoms with Gasteiger partial charge in [0.2, 0.25) is 0 Å². The third kappa shape index (κ3) is 6.71. The summed E-state index contributed by atoms with van der Waals surface area (Å²) in [6.07, 6.45) is 1.41. The smallest absolute Gasteiger partial charge is 0.344 e. The molecule has 7 nitrogen and oxygen atoms in total. The Bertz CT molecular complexity index is 1150. The average Bonchev–Trinajstić information content (AvgIpc) is 2.79. The lowest BCUT2D eigenvalue weighted by molar-refractivity contribution is -0.120. The van der Waals surface area contributed by atoms with E-state index < -0.39 is 23.6 Å². The Labute approximate surface area is 196 Å². The third-order valence-electron chi connectivity index (χ3n) is 4.10. The largest absolute Gasteiger partial charge is 0.423 e. The fraction of sp³-hybridized carbons (Fsp3) is 0.0435. The van der Waals surface area contributed by atoms with Gasteiger partial charge in [0.25, 0.3) is 11.8 Å². The summed E-state index contributed by atoms with van der Waals surface area (Å²) < 4.78 is 19.0. The highest BCUT2D eigenvalue weighted by atomic mass is 127. The zero-order chi connectivity index (χ0) is 22.9. The number of nitrogens with one attached hydrogen (secondary N) is 2. The molecule has 3 aromatic rings. The molecule has 0 saturated carbocycles. The van der Waals surface area contributed by atoms with Crippen molar-refractivity contribution < 1.29 is 23.5 Å². The van der Waals surface area contributed by atoms with E-state index in [1.807, 2.05) is 12.1 Å². The quantitative estimate of drug-likeness (QED) is 0.156. The first kappa shape index (κ1) is 23.1. The van der Waals surface area contributed by atoms with E-state index in [1.165, 1.54) is 18.3 Å². The highest BCUT2D eigenvalue weighted by Crippen LogP contribution is 2.17. The molecule has 3 aromatic carbocycles. The zero-order valence-corrected chi connectivity index (χ0v) is 18.7. The third-order valence-corrected chi connectivity index (χ3v) is 5.04. The van der Waals surface area contributed by atoms with Crippen LogP contribution in [0, 0.1) is 9.39 Å². The molecular formula is C23H17FIN3O4. The Kier molecular flexibility index (Phi) is 8.03. The highest BCUT2D eigenvalue weighted by molar-refractivity contribution is 14.1. The van der Waals surface area contributed by atoms with Gasteiger partial charge in [-0.05, 0) is 88.8 Å². The Morgan fingerprint density at radius 2 is 1.66 bits per heavy atom. The summed E-state index contributed by atoms with van der Waals surface area (Å²) in [4.78, 5) is 35.9. The molecule has 0 bridgehead atoms. The summed E-state index contributed by atoms with van der Waals surface area (Å²) in [7, 11) is 0. The lowest BCUT2D eigenvalue weighted by Gasteiger charge is -2.06. The van der Waals surface area contributed by atoms with Crippen molar-refractivity contribution in [2.75, 3.05) is 6.54 Å². The van der Waals surface area contributed by atoms with Crippen molar-refractivity contribution in [2.24, 2.45) is 5.10 Å². The number of nitrogens with zero attached hydrogens (tertiary/aromatic N) is 1. The van der Waals surface area contributed by atoms with E-state index in [0.29, 0.717) is 16.9 Å². The molecule has 0 spiro atoms. The van der Waals surface area contributed by atoms with Gasteiger partial charge in [-0.2, -0.15) is 5.10 Å². The molecule has 2 amide bonds. The van der Waals surface area contributed by atoms with Crippen LogP contribution in [0.2, 0.25) is 0 Å². The average molecular weight is 545 g/mol. The van der Waals surface area contributed by atoms with Crippen molar-refractivity contribution in [3.8, 4) is 5.75 Å². The molecule has 0 atom stereocenters. The van der Waals surface area contributed by atoms with E-state index in [0.717, 1.165) is 15.7 Å². The van der Waals surface area contributed by atoms with Gasteiger partial charge >= 0.3 is 5.97 Å². The van der Waals surface area contributed by atoms with Gasteiger partial charge in [-0.25, -0.2) is 14.6 Å². The number of rotatable bonds is 7. The SMILES string of the molecule is O=C(CNC(=O)c1ccc(F)cc1)N/N=C\c1ccc(OC(=O)c2ccccc2I)cc1. The highest BCUT2D eigenvalue weighted by Gasteiger charge is 2.11. The predicted octanol–water partition coefficient (Wildman–Crippen LogP) is 3.53. The van der Waals surface area contributed by atoms with Crippen molar-refractivity contribution in [2.45, 2.75) is 0 Å². The number of ether oxygens (including phenoxy) is 1. The summed E-state index contributed by atoms with van der Waals surface area (Å²) in [5.41, 5.74) is 3.67. The van der Waals surface area contributed by atoms with Crippen LogP contribution >= 0.6 is 22.6 Å². The van der Waals surface area contributed by atoms with Crippen LogP contribution in [0.4, 0.5) is 4.39 Å². The van der Waals surface area contributed by atoms with Crippen molar-refractivity contribution in [3.63, 3.8) is 0 Å². The first-order valence-corrected chi connectivity index (χ1v) is 10.4. The van der Waals surface area contributed by atoms with E-state index in [1.54, 1.807) is 36.4 Å². The minimum atomic E-state index is -0.528. The molecule has 0 aliphatic carbocycles. The van der Waals surface area contributed by atoms with Gasteiger partial charge in [0, 0.05) is 9.13 Å². The van der Waals surface area contributed by atoms with Gasteiger partial charge in [-0.1, -0.05) is 12.1 Å². The van der Waals surface area contributed by atoms with E-state index in [9.17, 15) is 18.8 Å². The molecule has 2 N–H and O–H groups in total. The molecule has 162 valence electrons. The molecule has 3 rings (SSSR count). The second-order valence-electron chi connectivity index (χ2n) is 6.42. The Morgan fingerprint density at radius 1 is 0.969 bits per heavy atom. The Morgan fingerprint density at radius 3 is 2.34 bits per heavy atom. The number of benzene rings is 3. The summed E-state index contributed by atoms with van der Waals surface area (Å²) in [6, 6.07) is 18.6. The Hall–Kier alpha value is -3.60. The maximum Gasteiger partial charge on any atom is 0.344 e. The van der Waals surface area contributed by atoms with Crippen molar-refractivity contribution in [3.05, 3.63) is 98.9 Å². The molecule has 0 unspecified atom stereocenters. The first-order valence-electron chi connectivity index (χ1n) is 9.35. The monoisotopic (exact) mass is 545 g/mol. The van der Waals surface area contributed by atoms with E-state index in [2.05, 4.69) is 38.4 Å². The molecule has 32 heavy (non-hydrogen) atoms. The lowest BCUT2D eigenvalue weighted by atomic mass is 10.2. The number of carbonyl (C=O) groups excluding carboxylic acids is 3. The summed E-state index contributed by atoms with van der Waals surface area (Å²) >= 11 is 2.07. The molecular weight excluding hydrogens is 528 g/mol. The van der Waals surface area contributed by atoms with E-state index in [4.69, 9.17) is 4.74 Å². The number of hydrogen-bond donors (Lipinski definition) is 2. The minimum Gasteiger partial charge on any atom is -0.423 e. The normalized spacial score (nSPS) is 10.6. The second-order valence-corrected chi connectivity index (χ2v) is 7.58. The fourth-order valence-electron chi connectivity index (χ4n) is 2.49. The van der Waals surface area contributed by atoms with Gasteiger partial charge in [0.1, 0.15) is 11.6 Å². The van der Waals surface area contributed by atoms with Crippen LogP contribution in [0.25, 0.3) is 0 Å². The van der Waals surface area contributed by atoms with Crippen LogP contribution < -0.4 is 15.5 Å². The topological polar surface area (TPSA) is 96.9 Å². The van der Waals surface area contributed by atoms with Gasteiger partial charge in [-0.15, -0.1) is 0 Å². The summed E-state index contributed by atoms with van der Waals surface area (Å²) in [5.74, 6) is -1.56. The number of hydrogen-bond acceptors (Lipinski definition) is 5. The predicted molar refractivity (Wildman–Crippen MR) is 125 cm³/mol. The molecule has 0 heterocycles. The van der Waals surface area contributed by atoms with E-state index in [-0.39, 0.29) is 12.1 Å². The van der Waals surface area contributed by atoms with Crippen LogP contribution in [-0.4, -0.2) is 30.5 Å². The van der Waals surface area contributed by atoms with Gasteiger partial charge in [0.05, 0.1) is 18.3 Å². The van der Waals surface area contributed by atoms with Crippen molar-refractivity contribution in [1.82, 2.24) is 10.7 Å². The number of esters is 1. The summed E-state index contributed by atoms with van der Waals surface area (Å²) in [5, 5.41) is 6.23. The fourth-order valence-corrected chi connectivity index (χ4v) is 3.10. The number of carbonyl (C=O) groups is 3. The van der Waals surface area contributed by atoms with Gasteiger partial charge in [-0.3, -0.25) is 9.59 Å². The second kappa shape index (κ2) is 11.1. The van der Waals surface area contributed by atoms with E-state index >= 15 is 0 Å². The molecule has 0 fully saturated rings. The number of amides is 2. The number of halogens is 2. The maximum atomic E-state index is 12.9. The lowest BCUT2D eigenvalue weighted by Crippen LogP contribution is -2.34. The summed E-state index contributed by atoms with van der Waals surface area (Å²) in [6.45, 7) is -0.291. The molecule has 9 heteroatoms. The van der Waals surface area contributed by atoms with Crippen molar-refractivity contribution in [1.29, 1.82) is 0 Å². The van der Waals surface area contributed by atoms with Crippen LogP contribution in [0.15, 0.2) is 77.9 Å². The molecule has 0 saturated heterocycles. The Balaban J connectivity index is 1.45. The molecule has 0 aromatic heterocycles. The first-order chi connectivity index (χ1) is 15.4. The molecule has 0 aliphatic rings. The van der Waals surface area contributed by atoms with Crippen LogP contribution in [0.5, 0.6) is 5.75 Å². The van der Waals surface area contributed by atoms with Gasteiger partial charge < -0.3 is 10.1 Å². The number of hydrazone groups is 1. The van der Waals surface area contributed by atoms with Gasteiger partial charge in [0.15, 0.2) is 0 Å². The van der Waals surface area contributed by atoms with Crippen LogP contribution in [0.1, 0.15) is 26.3 Å².